The Bertz CT molecular complexity index is 357. The van der Waals surface area contributed by atoms with Gasteiger partial charge in [-0.3, -0.25) is 0 Å². The highest BCUT2D eigenvalue weighted by atomic mass is 32.1. The Morgan fingerprint density at radius 3 is 2.71 bits per heavy atom. The number of aromatic nitrogens is 1. The van der Waals surface area contributed by atoms with Gasteiger partial charge in [0.1, 0.15) is 0 Å². The maximum atomic E-state index is 4.77. The van der Waals surface area contributed by atoms with Crippen LogP contribution in [-0.4, -0.2) is 24.6 Å². The maximum absolute atomic E-state index is 4.77. The molecule has 0 saturated heterocycles. The molecule has 0 amide bonds. The summed E-state index contributed by atoms with van der Waals surface area (Å²) in [5.74, 6) is 0.909. The molecule has 0 radical (unpaired) electrons. The molecule has 1 aliphatic carbocycles. The van der Waals surface area contributed by atoms with Crippen molar-refractivity contribution in [3.8, 4) is 0 Å². The van der Waals surface area contributed by atoms with E-state index in [1.54, 1.807) is 11.3 Å². The van der Waals surface area contributed by atoms with Crippen LogP contribution in [0, 0.1) is 5.92 Å². The Morgan fingerprint density at radius 2 is 2.18 bits per heavy atom. The zero-order valence-corrected chi connectivity index (χ0v) is 12.0. The van der Waals surface area contributed by atoms with E-state index in [1.807, 2.05) is 7.05 Å². The van der Waals surface area contributed by atoms with Crippen molar-refractivity contribution in [2.45, 2.75) is 45.7 Å². The molecule has 3 nitrogen and oxygen atoms in total. The van der Waals surface area contributed by atoms with Crippen LogP contribution in [-0.2, 0) is 0 Å². The van der Waals surface area contributed by atoms with Crippen LogP contribution in [0.3, 0.4) is 0 Å². The highest BCUT2D eigenvalue weighted by molar-refractivity contribution is 7.13. The van der Waals surface area contributed by atoms with Crippen molar-refractivity contribution in [1.29, 1.82) is 0 Å². The third-order valence-electron chi connectivity index (χ3n) is 3.41. The number of hydrogen-bond acceptors (Lipinski definition) is 4. The predicted molar refractivity (Wildman–Crippen MR) is 74.8 cm³/mol. The average Bonchev–Trinajstić information content (AvgIpc) is 3.00. The van der Waals surface area contributed by atoms with Gasteiger partial charge >= 0.3 is 0 Å². The van der Waals surface area contributed by atoms with Gasteiger partial charge in [0, 0.05) is 24.0 Å². The smallest absolute Gasteiger partial charge is 0.185 e. The molecule has 1 saturated carbocycles. The summed E-state index contributed by atoms with van der Waals surface area (Å²) in [5.41, 5.74) is 1.16. The average molecular weight is 253 g/mol. The second-order valence-electron chi connectivity index (χ2n) is 5.25. The van der Waals surface area contributed by atoms with Gasteiger partial charge in [-0.25, -0.2) is 4.98 Å². The number of nitrogens with one attached hydrogen (secondary N) is 1. The van der Waals surface area contributed by atoms with E-state index in [0.717, 1.165) is 11.6 Å². The van der Waals surface area contributed by atoms with E-state index in [2.05, 4.69) is 36.4 Å². The summed E-state index contributed by atoms with van der Waals surface area (Å²) in [6.45, 7) is 7.84. The normalized spacial score (nSPS) is 17.5. The predicted octanol–water partition coefficient (Wildman–Crippen LogP) is 3.05. The van der Waals surface area contributed by atoms with Crippen LogP contribution < -0.4 is 10.2 Å². The summed E-state index contributed by atoms with van der Waals surface area (Å²) in [6, 6.07) is 0.884. The molecule has 0 spiro atoms. The first-order chi connectivity index (χ1) is 8.11. The van der Waals surface area contributed by atoms with E-state index in [1.165, 1.54) is 24.5 Å². The molecule has 1 heterocycles. The summed E-state index contributed by atoms with van der Waals surface area (Å²) >= 11 is 1.77. The van der Waals surface area contributed by atoms with Gasteiger partial charge in [0.25, 0.3) is 0 Å². The fourth-order valence-electron chi connectivity index (χ4n) is 1.84. The van der Waals surface area contributed by atoms with E-state index >= 15 is 0 Å². The SMILES string of the molecule is CNC(C)c1csc(N(CC2CC2)C(C)C)n1. The Morgan fingerprint density at radius 1 is 1.47 bits per heavy atom. The van der Waals surface area contributed by atoms with Gasteiger partial charge in [0.2, 0.25) is 0 Å². The van der Waals surface area contributed by atoms with Crippen LogP contribution in [0.5, 0.6) is 0 Å². The van der Waals surface area contributed by atoms with Crippen LogP contribution in [0.25, 0.3) is 0 Å². The summed E-state index contributed by atoms with van der Waals surface area (Å²) in [6.07, 6.45) is 2.79. The second kappa shape index (κ2) is 5.36. The lowest BCUT2D eigenvalue weighted by Crippen LogP contribution is -2.32. The zero-order valence-electron chi connectivity index (χ0n) is 11.2. The van der Waals surface area contributed by atoms with E-state index in [0.29, 0.717) is 12.1 Å². The van der Waals surface area contributed by atoms with Gasteiger partial charge in [-0.2, -0.15) is 0 Å². The minimum absolute atomic E-state index is 0.343. The topological polar surface area (TPSA) is 28.2 Å². The molecule has 2 rings (SSSR count). The molecule has 1 atom stereocenters. The molecular formula is C13H23N3S. The first kappa shape index (κ1) is 12.8. The van der Waals surface area contributed by atoms with Crippen molar-refractivity contribution < 1.29 is 0 Å². The van der Waals surface area contributed by atoms with Gasteiger partial charge < -0.3 is 10.2 Å². The molecule has 0 aromatic carbocycles. The fourth-order valence-corrected chi connectivity index (χ4v) is 2.91. The van der Waals surface area contributed by atoms with Crippen molar-refractivity contribution in [3.63, 3.8) is 0 Å². The number of nitrogens with zero attached hydrogens (tertiary/aromatic N) is 2. The van der Waals surface area contributed by atoms with Gasteiger partial charge in [-0.15, -0.1) is 11.3 Å². The maximum Gasteiger partial charge on any atom is 0.185 e. The molecular weight excluding hydrogens is 230 g/mol. The summed E-state index contributed by atoms with van der Waals surface area (Å²) in [7, 11) is 1.98. The zero-order chi connectivity index (χ0) is 12.4. The Labute approximate surface area is 108 Å². The molecule has 1 unspecified atom stereocenters. The summed E-state index contributed by atoms with van der Waals surface area (Å²) in [4.78, 5) is 7.22. The highest BCUT2D eigenvalue weighted by Gasteiger charge is 2.27. The van der Waals surface area contributed by atoms with E-state index < -0.39 is 0 Å². The van der Waals surface area contributed by atoms with Crippen molar-refractivity contribution in [3.05, 3.63) is 11.1 Å². The Hall–Kier alpha value is -0.610. The minimum atomic E-state index is 0.343. The minimum Gasteiger partial charge on any atom is -0.345 e. The van der Waals surface area contributed by atoms with Crippen molar-refractivity contribution >= 4 is 16.5 Å². The first-order valence-corrected chi connectivity index (χ1v) is 7.39. The van der Waals surface area contributed by atoms with Gasteiger partial charge in [-0.1, -0.05) is 0 Å². The lowest BCUT2D eigenvalue weighted by molar-refractivity contribution is 0.622. The number of rotatable bonds is 6. The molecule has 17 heavy (non-hydrogen) atoms. The second-order valence-corrected chi connectivity index (χ2v) is 6.09. The molecule has 4 heteroatoms. The molecule has 1 fully saturated rings. The van der Waals surface area contributed by atoms with Crippen LogP contribution in [0.2, 0.25) is 0 Å². The first-order valence-electron chi connectivity index (χ1n) is 6.51. The standard InChI is InChI=1S/C13H23N3S/c1-9(2)16(7-11-5-6-11)13-15-12(8-17-13)10(3)14-4/h8-11,14H,5-7H2,1-4H3. The van der Waals surface area contributed by atoms with E-state index in [9.17, 15) is 0 Å². The number of hydrogen-bond donors (Lipinski definition) is 1. The largest absolute Gasteiger partial charge is 0.345 e. The molecule has 0 bridgehead atoms. The van der Waals surface area contributed by atoms with Crippen LogP contribution in [0.15, 0.2) is 5.38 Å². The lowest BCUT2D eigenvalue weighted by Gasteiger charge is -2.26. The van der Waals surface area contributed by atoms with Crippen LogP contribution in [0.4, 0.5) is 5.13 Å². The van der Waals surface area contributed by atoms with E-state index in [4.69, 9.17) is 4.98 Å². The summed E-state index contributed by atoms with van der Waals surface area (Å²) < 4.78 is 0. The fraction of sp³-hybridized carbons (Fsp3) is 0.769. The Balaban J connectivity index is 2.09. The van der Waals surface area contributed by atoms with Crippen molar-refractivity contribution in [1.82, 2.24) is 10.3 Å². The lowest BCUT2D eigenvalue weighted by atomic mass is 10.3. The van der Waals surface area contributed by atoms with Gasteiger partial charge in [0.15, 0.2) is 5.13 Å². The Kier molecular flexibility index (Phi) is 4.05. The molecule has 1 N–H and O–H groups in total. The third-order valence-corrected chi connectivity index (χ3v) is 4.30. The molecule has 96 valence electrons. The van der Waals surface area contributed by atoms with Crippen LogP contribution in [0.1, 0.15) is 45.3 Å². The molecule has 1 aromatic rings. The van der Waals surface area contributed by atoms with Gasteiger partial charge in [0.05, 0.1) is 5.69 Å². The van der Waals surface area contributed by atoms with Gasteiger partial charge in [-0.05, 0) is 46.6 Å². The number of thiazole rings is 1. The quantitative estimate of drug-likeness (QED) is 0.844. The number of anilines is 1. The monoisotopic (exact) mass is 253 g/mol. The third kappa shape index (κ3) is 3.19. The van der Waals surface area contributed by atoms with E-state index in [-0.39, 0.29) is 0 Å². The molecule has 0 aliphatic heterocycles. The molecule has 1 aliphatic rings. The molecule has 1 aromatic heterocycles. The summed E-state index contributed by atoms with van der Waals surface area (Å²) in [5, 5.41) is 6.61. The van der Waals surface area contributed by atoms with Crippen molar-refractivity contribution in [2.24, 2.45) is 5.92 Å². The van der Waals surface area contributed by atoms with Crippen LogP contribution >= 0.6 is 11.3 Å². The highest BCUT2D eigenvalue weighted by Crippen LogP contribution is 2.33. The van der Waals surface area contributed by atoms with Crippen molar-refractivity contribution in [2.75, 3.05) is 18.5 Å².